The fourth-order valence-corrected chi connectivity index (χ4v) is 3.85. The first-order valence-corrected chi connectivity index (χ1v) is 10.5. The summed E-state index contributed by atoms with van der Waals surface area (Å²) >= 11 is 0. The molecule has 0 spiro atoms. The van der Waals surface area contributed by atoms with E-state index in [0.717, 1.165) is 17.2 Å². The number of pyridine rings is 2. The molecule has 4 rings (SSSR count). The molecule has 2 heterocycles. The van der Waals surface area contributed by atoms with Crippen LogP contribution in [0.5, 0.6) is 0 Å². The minimum absolute atomic E-state index is 0.0391. The highest BCUT2D eigenvalue weighted by Crippen LogP contribution is 2.35. The van der Waals surface area contributed by atoms with Crippen molar-refractivity contribution in [2.24, 2.45) is 10.2 Å². The maximum atomic E-state index is 13.3. The van der Waals surface area contributed by atoms with E-state index in [0.29, 0.717) is 11.4 Å². The number of nitrogens with zero attached hydrogens (tertiary/aromatic N) is 4. The van der Waals surface area contributed by atoms with Gasteiger partial charge in [-0.2, -0.15) is 8.42 Å². The van der Waals surface area contributed by atoms with Gasteiger partial charge < -0.3 is 5.73 Å². The number of halogens is 1. The summed E-state index contributed by atoms with van der Waals surface area (Å²) in [5, 5.41) is 8.27. The van der Waals surface area contributed by atoms with Gasteiger partial charge in [0, 0.05) is 17.1 Å². The Morgan fingerprint density at radius 2 is 1.87 bits per heavy atom. The molecule has 0 aliphatic carbocycles. The molecule has 0 aliphatic rings. The van der Waals surface area contributed by atoms with Gasteiger partial charge in [-0.25, -0.2) is 4.39 Å². The van der Waals surface area contributed by atoms with E-state index in [1.807, 2.05) is 0 Å². The van der Waals surface area contributed by atoms with Crippen LogP contribution in [0.25, 0.3) is 22.2 Å². The number of anilines is 1. The van der Waals surface area contributed by atoms with Crippen LogP contribution in [0.2, 0.25) is 0 Å². The highest BCUT2D eigenvalue weighted by Gasteiger charge is 2.19. The third kappa shape index (κ3) is 4.11. The summed E-state index contributed by atoms with van der Waals surface area (Å²) in [7, 11) is -4.53. The molecule has 0 bridgehead atoms. The summed E-state index contributed by atoms with van der Waals surface area (Å²) < 4.78 is 46.4. The molecule has 0 saturated carbocycles. The Morgan fingerprint density at radius 1 is 1.06 bits per heavy atom. The van der Waals surface area contributed by atoms with Crippen molar-refractivity contribution in [3.05, 3.63) is 72.3 Å². The van der Waals surface area contributed by atoms with Crippen LogP contribution in [0.1, 0.15) is 5.56 Å². The van der Waals surface area contributed by atoms with E-state index in [1.165, 1.54) is 36.7 Å². The zero-order chi connectivity index (χ0) is 22.2. The van der Waals surface area contributed by atoms with E-state index in [1.54, 1.807) is 25.1 Å². The van der Waals surface area contributed by atoms with Crippen LogP contribution in [-0.4, -0.2) is 22.9 Å². The SMILES string of the molecule is Cc1cc(F)ccc1-c1ccc(/N=N/c2cc(S(=O)(=O)O)c3cccnc3c2N)cn1. The summed E-state index contributed by atoms with van der Waals surface area (Å²) in [6.07, 6.45) is 2.92. The van der Waals surface area contributed by atoms with E-state index in [2.05, 4.69) is 20.2 Å². The number of hydrogen-bond acceptors (Lipinski definition) is 7. The molecular formula is C21H16FN5O3S. The molecular weight excluding hydrogens is 421 g/mol. The van der Waals surface area contributed by atoms with Gasteiger partial charge in [-0.15, -0.1) is 10.2 Å². The molecule has 0 unspecified atom stereocenters. The van der Waals surface area contributed by atoms with Gasteiger partial charge in [0.15, 0.2) is 0 Å². The summed E-state index contributed by atoms with van der Waals surface area (Å²) in [6, 6.07) is 12.0. The van der Waals surface area contributed by atoms with Gasteiger partial charge in [0.2, 0.25) is 0 Å². The van der Waals surface area contributed by atoms with Crippen LogP contribution < -0.4 is 5.73 Å². The lowest BCUT2D eigenvalue weighted by Gasteiger charge is -2.08. The Hall–Kier alpha value is -3.76. The molecule has 31 heavy (non-hydrogen) atoms. The predicted molar refractivity (Wildman–Crippen MR) is 115 cm³/mol. The molecule has 0 atom stereocenters. The quantitative estimate of drug-likeness (QED) is 0.263. The van der Waals surface area contributed by atoms with E-state index in [4.69, 9.17) is 5.73 Å². The lowest BCUT2D eigenvalue weighted by atomic mass is 10.1. The van der Waals surface area contributed by atoms with E-state index in [9.17, 15) is 17.4 Å². The maximum Gasteiger partial charge on any atom is 0.295 e. The van der Waals surface area contributed by atoms with Gasteiger partial charge >= 0.3 is 0 Å². The van der Waals surface area contributed by atoms with Crippen LogP contribution in [0.15, 0.2) is 76.0 Å². The predicted octanol–water partition coefficient (Wildman–Crippen LogP) is 4.99. The Morgan fingerprint density at radius 3 is 2.55 bits per heavy atom. The number of fused-ring (bicyclic) bond motifs is 1. The number of aromatic nitrogens is 2. The fourth-order valence-electron chi connectivity index (χ4n) is 3.15. The maximum absolute atomic E-state index is 13.3. The zero-order valence-electron chi connectivity index (χ0n) is 16.2. The Kier molecular flexibility index (Phi) is 5.17. The van der Waals surface area contributed by atoms with Crippen molar-refractivity contribution < 1.29 is 17.4 Å². The largest absolute Gasteiger partial charge is 0.395 e. The summed E-state index contributed by atoms with van der Waals surface area (Å²) in [6.45, 7) is 1.79. The van der Waals surface area contributed by atoms with Gasteiger partial charge in [-0.1, -0.05) is 0 Å². The van der Waals surface area contributed by atoms with Crippen molar-refractivity contribution in [3.63, 3.8) is 0 Å². The fraction of sp³-hybridized carbons (Fsp3) is 0.0476. The standard InChI is InChI=1S/C21H16FN5O3S/c1-12-9-13(22)4-6-15(12)17-7-5-14(11-25-17)26-27-18-10-19(31(28,29)30)16-3-2-8-24-21(16)20(18)23/h2-11H,23H2,1H3,(H,28,29,30)/b27-26+. The number of azo groups is 1. The highest BCUT2D eigenvalue weighted by molar-refractivity contribution is 7.86. The van der Waals surface area contributed by atoms with Crippen LogP contribution in [0, 0.1) is 12.7 Å². The number of nitrogen functional groups attached to an aromatic ring is 1. The van der Waals surface area contributed by atoms with Gasteiger partial charge in [-0.05, 0) is 61.0 Å². The average Bonchev–Trinajstić information content (AvgIpc) is 2.73. The minimum atomic E-state index is -4.53. The average molecular weight is 437 g/mol. The number of aryl methyl sites for hydroxylation is 1. The summed E-state index contributed by atoms with van der Waals surface area (Å²) in [5.41, 5.74) is 8.99. The van der Waals surface area contributed by atoms with Crippen LogP contribution in [0.4, 0.5) is 21.5 Å². The third-order valence-corrected chi connectivity index (χ3v) is 5.53. The first kappa shape index (κ1) is 20.5. The third-order valence-electron chi connectivity index (χ3n) is 4.64. The van der Waals surface area contributed by atoms with Crippen molar-refractivity contribution in [3.8, 4) is 11.3 Å². The van der Waals surface area contributed by atoms with E-state index in [-0.39, 0.29) is 33.0 Å². The van der Waals surface area contributed by atoms with Gasteiger partial charge in [0.1, 0.15) is 22.1 Å². The second-order valence-electron chi connectivity index (χ2n) is 6.74. The molecule has 2 aromatic carbocycles. The second kappa shape index (κ2) is 7.82. The van der Waals surface area contributed by atoms with Crippen LogP contribution in [0.3, 0.4) is 0 Å². The van der Waals surface area contributed by atoms with Crippen molar-refractivity contribution >= 4 is 38.1 Å². The molecule has 0 amide bonds. The van der Waals surface area contributed by atoms with Crippen molar-refractivity contribution in [1.29, 1.82) is 0 Å². The molecule has 10 heteroatoms. The Balaban J connectivity index is 1.71. The lowest BCUT2D eigenvalue weighted by molar-refractivity contribution is 0.484. The summed E-state index contributed by atoms with van der Waals surface area (Å²) in [4.78, 5) is 8.05. The molecule has 0 radical (unpaired) electrons. The molecule has 156 valence electrons. The lowest BCUT2D eigenvalue weighted by Crippen LogP contribution is -2.01. The van der Waals surface area contributed by atoms with Gasteiger partial charge in [0.25, 0.3) is 10.1 Å². The molecule has 2 aromatic heterocycles. The number of rotatable bonds is 4. The van der Waals surface area contributed by atoms with Gasteiger partial charge in [0.05, 0.1) is 23.1 Å². The summed E-state index contributed by atoms with van der Waals surface area (Å²) in [5.74, 6) is -0.321. The zero-order valence-corrected chi connectivity index (χ0v) is 17.0. The highest BCUT2D eigenvalue weighted by atomic mass is 32.2. The first-order valence-electron chi connectivity index (χ1n) is 9.03. The van der Waals surface area contributed by atoms with Crippen molar-refractivity contribution in [1.82, 2.24) is 9.97 Å². The van der Waals surface area contributed by atoms with Crippen molar-refractivity contribution in [2.45, 2.75) is 11.8 Å². The molecule has 8 nitrogen and oxygen atoms in total. The molecule has 0 saturated heterocycles. The molecule has 4 aromatic rings. The number of benzene rings is 2. The van der Waals surface area contributed by atoms with Crippen LogP contribution in [-0.2, 0) is 10.1 Å². The van der Waals surface area contributed by atoms with Crippen LogP contribution >= 0.6 is 0 Å². The van der Waals surface area contributed by atoms with Crippen molar-refractivity contribution in [2.75, 3.05) is 5.73 Å². The smallest absolute Gasteiger partial charge is 0.295 e. The second-order valence-corrected chi connectivity index (χ2v) is 8.13. The van der Waals surface area contributed by atoms with E-state index < -0.39 is 10.1 Å². The van der Waals surface area contributed by atoms with E-state index >= 15 is 0 Å². The minimum Gasteiger partial charge on any atom is -0.395 e. The first-order chi connectivity index (χ1) is 14.7. The number of nitrogens with two attached hydrogens (primary N) is 1. The van der Waals surface area contributed by atoms with Gasteiger partial charge in [-0.3, -0.25) is 14.5 Å². The Bertz CT molecular complexity index is 1440. The molecule has 0 fully saturated rings. The normalized spacial score (nSPS) is 12.0. The Labute approximate surface area is 177 Å². The molecule has 3 N–H and O–H groups in total. The number of hydrogen-bond donors (Lipinski definition) is 2. The molecule has 0 aliphatic heterocycles. The topological polar surface area (TPSA) is 131 Å². The monoisotopic (exact) mass is 437 g/mol.